The Balaban J connectivity index is 1.61. The molecule has 0 fully saturated rings. The average Bonchev–Trinajstić information content (AvgIpc) is 2.78. The summed E-state index contributed by atoms with van der Waals surface area (Å²) in [6, 6.07) is 16.5. The van der Waals surface area contributed by atoms with Gasteiger partial charge in [0.15, 0.2) is 0 Å². The average molecular weight is 456 g/mol. The lowest BCUT2D eigenvalue weighted by Crippen LogP contribution is -2.29. The predicted molar refractivity (Wildman–Crippen MR) is 122 cm³/mol. The molecule has 10 heteroatoms. The molecule has 0 aliphatic rings. The second-order valence-corrected chi connectivity index (χ2v) is 10.5. The van der Waals surface area contributed by atoms with Crippen molar-refractivity contribution >= 4 is 41.7 Å². The van der Waals surface area contributed by atoms with E-state index in [0.717, 1.165) is 10.8 Å². The van der Waals surface area contributed by atoms with E-state index in [-0.39, 0.29) is 4.90 Å². The number of nitrogens with one attached hydrogen (secondary N) is 3. The molecule has 0 saturated carbocycles. The van der Waals surface area contributed by atoms with Gasteiger partial charge in [0.05, 0.1) is 4.90 Å². The molecule has 0 atom stereocenters. The fraction of sp³-hybridized carbons (Fsp3) is 0.143. The summed E-state index contributed by atoms with van der Waals surface area (Å²) in [6.45, 7) is 2.21. The molecule has 2 aromatic carbocycles. The van der Waals surface area contributed by atoms with Gasteiger partial charge < -0.3 is 15.4 Å². The highest BCUT2D eigenvalue weighted by atomic mass is 32.2. The molecule has 0 aliphatic carbocycles. The maximum Gasteiger partial charge on any atom is 0.319 e. The zero-order valence-electron chi connectivity index (χ0n) is 16.9. The molecule has 4 N–H and O–H groups in total. The number of carbonyl (C=O) groups excluding carboxylic acids is 1. The number of amides is 2. The largest absolute Gasteiger partial charge is 0.427 e. The van der Waals surface area contributed by atoms with E-state index < -0.39 is 25.1 Å². The zero-order valence-corrected chi connectivity index (χ0v) is 18.7. The number of rotatable bonds is 8. The summed E-state index contributed by atoms with van der Waals surface area (Å²) in [5.74, 6) is 0. The molecule has 1 aromatic heterocycles. The molecule has 3 rings (SSSR count). The van der Waals surface area contributed by atoms with E-state index in [9.17, 15) is 18.0 Å². The Morgan fingerprint density at radius 3 is 2.52 bits per heavy atom. The number of hydrogen-bond acceptors (Lipinski definition) is 5. The van der Waals surface area contributed by atoms with E-state index >= 15 is 0 Å². The van der Waals surface area contributed by atoms with Crippen LogP contribution in [-0.2, 0) is 16.6 Å². The maximum absolute atomic E-state index is 12.7. The number of carbonyl (C=O) groups is 1. The molecule has 0 unspecified atom stereocenters. The van der Waals surface area contributed by atoms with Crippen LogP contribution in [0.4, 0.5) is 16.2 Å². The summed E-state index contributed by atoms with van der Waals surface area (Å²) in [5, 5.41) is 6.10. The van der Waals surface area contributed by atoms with Crippen LogP contribution in [0.3, 0.4) is 0 Å². The summed E-state index contributed by atoms with van der Waals surface area (Å²) in [7, 11) is -5.48. The number of aromatic nitrogens is 1. The van der Waals surface area contributed by atoms with Crippen molar-refractivity contribution in [3.05, 3.63) is 78.6 Å². The highest BCUT2D eigenvalue weighted by Crippen LogP contribution is 2.18. The molecule has 1 radical (unpaired) electrons. The fourth-order valence-electron chi connectivity index (χ4n) is 2.76. The Bertz CT molecular complexity index is 1130. The number of anilines is 2. The van der Waals surface area contributed by atoms with Crippen LogP contribution in [0, 0.1) is 0 Å². The predicted octanol–water partition coefficient (Wildman–Crippen LogP) is 2.41. The van der Waals surface area contributed by atoms with Crippen LogP contribution in [0.1, 0.15) is 12.5 Å². The van der Waals surface area contributed by atoms with E-state index in [1.807, 2.05) is 13.0 Å². The van der Waals surface area contributed by atoms with E-state index in [2.05, 4.69) is 20.3 Å². The fourth-order valence-corrected chi connectivity index (χ4v) is 4.83. The standard InChI is InChI=1S/C21H23N4O4SSi/c1-2-31(29)20-7-3-6-18(13-20)25-30(27,28)19-10-8-17(9-11-19)24-21(26)23-15-16-5-4-12-22-14-16/h3-14,25,29H,2,15H2,1H3,(H2,23,24,26). The van der Waals surface area contributed by atoms with Crippen molar-refractivity contribution in [2.24, 2.45) is 0 Å². The van der Waals surface area contributed by atoms with Crippen LogP contribution in [-0.4, -0.2) is 33.3 Å². The number of sulfonamides is 1. The van der Waals surface area contributed by atoms with Crippen LogP contribution in [0.15, 0.2) is 78.0 Å². The highest BCUT2D eigenvalue weighted by Gasteiger charge is 2.16. The molecule has 1 heterocycles. The van der Waals surface area contributed by atoms with Gasteiger partial charge in [-0.3, -0.25) is 9.71 Å². The maximum atomic E-state index is 12.7. The normalized spacial score (nSPS) is 11.2. The quantitative estimate of drug-likeness (QED) is 0.389. The lowest BCUT2D eigenvalue weighted by molar-refractivity contribution is 0.251. The van der Waals surface area contributed by atoms with E-state index in [0.29, 0.717) is 24.0 Å². The van der Waals surface area contributed by atoms with Crippen molar-refractivity contribution in [3.63, 3.8) is 0 Å². The van der Waals surface area contributed by atoms with Crippen molar-refractivity contribution in [3.8, 4) is 0 Å². The van der Waals surface area contributed by atoms with Gasteiger partial charge in [0.1, 0.15) is 0 Å². The van der Waals surface area contributed by atoms with Gasteiger partial charge >= 0.3 is 6.03 Å². The molecule has 0 saturated heterocycles. The van der Waals surface area contributed by atoms with Gasteiger partial charge in [-0.05, 0) is 59.3 Å². The third kappa shape index (κ3) is 6.38. The summed E-state index contributed by atoms with van der Waals surface area (Å²) in [4.78, 5) is 26.1. The second-order valence-electron chi connectivity index (χ2n) is 6.68. The van der Waals surface area contributed by atoms with Crippen LogP contribution >= 0.6 is 0 Å². The number of pyridine rings is 1. The van der Waals surface area contributed by atoms with Gasteiger partial charge in [-0.25, -0.2) is 13.2 Å². The van der Waals surface area contributed by atoms with E-state index in [1.54, 1.807) is 42.7 Å². The molecular formula is C21H23N4O4SSi. The van der Waals surface area contributed by atoms with E-state index in [4.69, 9.17) is 0 Å². The lowest BCUT2D eigenvalue weighted by Gasteiger charge is -2.12. The molecule has 31 heavy (non-hydrogen) atoms. The Morgan fingerprint density at radius 2 is 1.84 bits per heavy atom. The van der Waals surface area contributed by atoms with Crippen molar-refractivity contribution in [2.45, 2.75) is 24.4 Å². The van der Waals surface area contributed by atoms with Crippen molar-refractivity contribution in [1.29, 1.82) is 0 Å². The highest BCUT2D eigenvalue weighted by molar-refractivity contribution is 7.92. The van der Waals surface area contributed by atoms with Gasteiger partial charge in [0, 0.05) is 30.3 Å². The number of urea groups is 1. The Hall–Kier alpha value is -3.21. The van der Waals surface area contributed by atoms with Gasteiger partial charge in [0.25, 0.3) is 10.0 Å². The third-order valence-corrected chi connectivity index (χ3v) is 7.43. The van der Waals surface area contributed by atoms with Crippen molar-refractivity contribution in [1.82, 2.24) is 10.3 Å². The zero-order chi connectivity index (χ0) is 22.3. The Morgan fingerprint density at radius 1 is 1.06 bits per heavy atom. The summed E-state index contributed by atoms with van der Waals surface area (Å²) < 4.78 is 27.9. The van der Waals surface area contributed by atoms with Gasteiger partial charge in [-0.15, -0.1) is 0 Å². The molecule has 161 valence electrons. The van der Waals surface area contributed by atoms with Crippen molar-refractivity contribution in [2.75, 3.05) is 10.0 Å². The van der Waals surface area contributed by atoms with Gasteiger partial charge in [0.2, 0.25) is 9.04 Å². The first-order chi connectivity index (χ1) is 14.9. The van der Waals surface area contributed by atoms with Crippen molar-refractivity contribution < 1.29 is 18.0 Å². The second kappa shape index (κ2) is 10.2. The van der Waals surface area contributed by atoms with E-state index in [1.165, 1.54) is 24.3 Å². The number of nitrogens with zero attached hydrogens (tertiary/aromatic N) is 1. The summed E-state index contributed by atoms with van der Waals surface area (Å²) in [5.41, 5.74) is 1.71. The Labute approximate surface area is 183 Å². The first kappa shape index (κ1) is 22.5. The van der Waals surface area contributed by atoms with Crippen LogP contribution < -0.4 is 20.5 Å². The minimum Gasteiger partial charge on any atom is -0.427 e. The molecule has 3 aromatic rings. The van der Waals surface area contributed by atoms with Crippen LogP contribution in [0.25, 0.3) is 0 Å². The minimum atomic E-state index is -3.81. The monoisotopic (exact) mass is 455 g/mol. The molecule has 0 aliphatic heterocycles. The van der Waals surface area contributed by atoms with Crippen LogP contribution in [0.2, 0.25) is 6.04 Å². The smallest absolute Gasteiger partial charge is 0.319 e. The van der Waals surface area contributed by atoms with Gasteiger partial charge in [-0.2, -0.15) is 0 Å². The Kier molecular flexibility index (Phi) is 7.39. The number of hydrogen-bond donors (Lipinski definition) is 4. The number of benzene rings is 2. The molecule has 0 bridgehead atoms. The van der Waals surface area contributed by atoms with Gasteiger partial charge in [-0.1, -0.05) is 25.1 Å². The summed E-state index contributed by atoms with van der Waals surface area (Å²) >= 11 is 0. The molecule has 8 nitrogen and oxygen atoms in total. The third-order valence-electron chi connectivity index (χ3n) is 4.38. The SMILES string of the molecule is CC[Si](O)c1cccc(NS(=O)(=O)c2ccc(NC(=O)NCc3cccnc3)cc2)c1. The first-order valence-electron chi connectivity index (χ1n) is 9.59. The topological polar surface area (TPSA) is 120 Å². The first-order valence-corrected chi connectivity index (χ1v) is 12.7. The molecule has 0 spiro atoms. The molecular weight excluding hydrogens is 432 g/mol. The lowest BCUT2D eigenvalue weighted by atomic mass is 10.3. The molecule has 2 amide bonds. The van der Waals surface area contributed by atoms with Crippen LogP contribution in [0.5, 0.6) is 0 Å². The minimum absolute atomic E-state index is 0.0595. The summed E-state index contributed by atoms with van der Waals surface area (Å²) in [6.07, 6.45) is 3.31.